The third-order valence-corrected chi connectivity index (χ3v) is 7.67. The number of aromatic nitrogens is 1. The zero-order chi connectivity index (χ0) is 23.0. The average Bonchev–Trinajstić information content (AvgIpc) is 2.98. The second kappa shape index (κ2) is 8.86. The highest BCUT2D eigenvalue weighted by atomic mass is 35.5. The highest BCUT2D eigenvalue weighted by Gasteiger charge is 2.48. The maximum absolute atomic E-state index is 13.9. The Kier molecular flexibility index (Phi) is 5.92. The van der Waals surface area contributed by atoms with E-state index in [0.717, 1.165) is 42.1 Å². The number of fused-ring (bicyclic) bond motifs is 3. The molecule has 5 nitrogen and oxygen atoms in total. The van der Waals surface area contributed by atoms with Gasteiger partial charge in [0.1, 0.15) is 11.2 Å². The summed E-state index contributed by atoms with van der Waals surface area (Å²) in [5.74, 6) is -0.228. The number of nitrogens with one attached hydrogen (secondary N) is 1. The predicted octanol–water partition coefficient (Wildman–Crippen LogP) is 5.55. The van der Waals surface area contributed by atoms with Gasteiger partial charge in [-0.3, -0.25) is 9.59 Å². The summed E-state index contributed by atoms with van der Waals surface area (Å²) in [4.78, 5) is 29.4. The molecule has 33 heavy (non-hydrogen) atoms. The summed E-state index contributed by atoms with van der Waals surface area (Å²) in [5, 5.41) is 4.92. The third kappa shape index (κ3) is 4.04. The van der Waals surface area contributed by atoms with E-state index >= 15 is 0 Å². The van der Waals surface area contributed by atoms with Crippen LogP contribution in [0.15, 0.2) is 54.6 Å². The Labute approximate surface area is 199 Å². The van der Waals surface area contributed by atoms with Gasteiger partial charge in [0.15, 0.2) is 0 Å². The first kappa shape index (κ1) is 22.0. The van der Waals surface area contributed by atoms with Crippen LogP contribution in [0.25, 0.3) is 10.9 Å². The van der Waals surface area contributed by atoms with Gasteiger partial charge in [-0.2, -0.15) is 0 Å². The lowest BCUT2D eigenvalue weighted by Gasteiger charge is -2.44. The number of para-hydroxylation sites is 1. The van der Waals surface area contributed by atoms with Crippen molar-refractivity contribution in [1.82, 2.24) is 14.8 Å². The molecule has 0 radical (unpaired) electrons. The Balaban J connectivity index is 1.55. The van der Waals surface area contributed by atoms with Crippen LogP contribution in [0, 0.1) is 0 Å². The van der Waals surface area contributed by atoms with Gasteiger partial charge in [0.05, 0.1) is 6.54 Å². The summed E-state index contributed by atoms with van der Waals surface area (Å²) in [7, 11) is 0. The Bertz CT molecular complexity index is 1200. The van der Waals surface area contributed by atoms with Gasteiger partial charge in [0.2, 0.25) is 5.91 Å². The fourth-order valence-corrected chi connectivity index (χ4v) is 5.51. The average molecular weight is 464 g/mol. The van der Waals surface area contributed by atoms with Crippen molar-refractivity contribution in [2.75, 3.05) is 0 Å². The lowest BCUT2D eigenvalue weighted by Crippen LogP contribution is -2.64. The van der Waals surface area contributed by atoms with Crippen LogP contribution in [-0.4, -0.2) is 32.9 Å². The lowest BCUT2D eigenvalue weighted by molar-refractivity contribution is -0.134. The molecule has 1 saturated carbocycles. The van der Waals surface area contributed by atoms with Gasteiger partial charge >= 0.3 is 0 Å². The van der Waals surface area contributed by atoms with Crippen molar-refractivity contribution in [2.45, 2.75) is 70.1 Å². The van der Waals surface area contributed by atoms with E-state index < -0.39 is 5.54 Å². The van der Waals surface area contributed by atoms with Crippen LogP contribution in [0.3, 0.4) is 0 Å². The number of amides is 2. The van der Waals surface area contributed by atoms with Crippen LogP contribution in [0.4, 0.5) is 0 Å². The molecule has 1 aliphatic heterocycles. The number of hydrogen-bond acceptors (Lipinski definition) is 2. The van der Waals surface area contributed by atoms with Gasteiger partial charge in [-0.1, -0.05) is 73.7 Å². The second-order valence-corrected chi connectivity index (χ2v) is 10.0. The van der Waals surface area contributed by atoms with Crippen LogP contribution < -0.4 is 5.32 Å². The maximum Gasteiger partial charge on any atom is 0.271 e. The van der Waals surface area contributed by atoms with Gasteiger partial charge < -0.3 is 14.8 Å². The lowest BCUT2D eigenvalue weighted by atomic mass is 9.93. The van der Waals surface area contributed by atoms with E-state index in [2.05, 4.69) is 5.32 Å². The van der Waals surface area contributed by atoms with E-state index in [9.17, 15) is 9.59 Å². The Morgan fingerprint density at radius 1 is 1.06 bits per heavy atom. The van der Waals surface area contributed by atoms with Gasteiger partial charge in [-0.25, -0.2) is 0 Å². The number of carbonyl (C=O) groups is 2. The summed E-state index contributed by atoms with van der Waals surface area (Å²) in [6.07, 6.45) is 6.71. The summed E-state index contributed by atoms with van der Waals surface area (Å²) in [6.45, 7) is 2.59. The molecule has 2 amide bonds. The molecule has 1 aliphatic carbocycles. The van der Waals surface area contributed by atoms with E-state index in [1.165, 1.54) is 12.8 Å². The minimum Gasteiger partial charge on any atom is -0.351 e. The normalized spacial score (nSPS) is 21.6. The van der Waals surface area contributed by atoms with Crippen LogP contribution in [0.5, 0.6) is 0 Å². The number of nitrogens with zero attached hydrogens (tertiary/aromatic N) is 2. The molecular weight excluding hydrogens is 434 g/mol. The predicted molar refractivity (Wildman–Crippen MR) is 131 cm³/mol. The van der Waals surface area contributed by atoms with Crippen molar-refractivity contribution in [1.29, 1.82) is 0 Å². The van der Waals surface area contributed by atoms with E-state index in [4.69, 9.17) is 11.6 Å². The molecule has 1 aromatic heterocycles. The second-order valence-electron chi connectivity index (χ2n) is 9.59. The first-order chi connectivity index (χ1) is 16.0. The smallest absolute Gasteiger partial charge is 0.271 e. The Morgan fingerprint density at radius 2 is 1.76 bits per heavy atom. The molecule has 5 rings (SSSR count). The standard InChI is InChI=1S/C27H30ClN3O2/c1-27(26(33)29-21-12-4-2-3-5-13-21)18-30-23-15-9-7-10-19(23)16-24(30)25(32)31(27)17-20-11-6-8-14-22(20)28/h6-11,14-16,21H,2-5,12-13,17-18H2,1H3,(H,29,33)/t27-/m1/s1. The molecule has 2 aliphatic rings. The number of carbonyl (C=O) groups excluding carboxylic acids is 2. The molecule has 0 spiro atoms. The molecule has 172 valence electrons. The number of rotatable bonds is 4. The summed E-state index contributed by atoms with van der Waals surface area (Å²) < 4.78 is 2.01. The number of hydrogen-bond donors (Lipinski definition) is 1. The van der Waals surface area contributed by atoms with Crippen molar-refractivity contribution in [2.24, 2.45) is 0 Å². The maximum atomic E-state index is 13.9. The topological polar surface area (TPSA) is 54.3 Å². The first-order valence-electron chi connectivity index (χ1n) is 11.9. The zero-order valence-electron chi connectivity index (χ0n) is 19.0. The van der Waals surface area contributed by atoms with E-state index in [1.807, 2.05) is 66.1 Å². The Hall–Kier alpha value is -2.79. The largest absolute Gasteiger partial charge is 0.351 e. The van der Waals surface area contributed by atoms with Crippen LogP contribution >= 0.6 is 11.6 Å². The van der Waals surface area contributed by atoms with Gasteiger partial charge in [-0.15, -0.1) is 0 Å². The molecule has 0 unspecified atom stereocenters. The molecule has 1 fully saturated rings. The fourth-order valence-electron chi connectivity index (χ4n) is 5.32. The molecule has 2 heterocycles. The fraction of sp³-hybridized carbons (Fsp3) is 0.407. The SMILES string of the molecule is C[C@]1(C(=O)NC2CCCCCC2)Cn2c(cc3ccccc32)C(=O)N1Cc1ccccc1Cl. The molecule has 0 saturated heterocycles. The van der Waals surface area contributed by atoms with Crippen molar-refractivity contribution in [3.63, 3.8) is 0 Å². The highest BCUT2D eigenvalue weighted by molar-refractivity contribution is 6.31. The molecule has 3 aromatic rings. The van der Waals surface area contributed by atoms with Crippen molar-refractivity contribution >= 4 is 34.3 Å². The molecular formula is C27H30ClN3O2. The molecule has 1 N–H and O–H groups in total. The summed E-state index contributed by atoms with van der Waals surface area (Å²) in [6, 6.07) is 17.6. The quantitative estimate of drug-likeness (QED) is 0.516. The van der Waals surface area contributed by atoms with E-state index in [-0.39, 0.29) is 24.4 Å². The number of halogens is 1. The first-order valence-corrected chi connectivity index (χ1v) is 12.3. The zero-order valence-corrected chi connectivity index (χ0v) is 19.8. The van der Waals surface area contributed by atoms with Crippen molar-refractivity contribution in [3.8, 4) is 0 Å². The van der Waals surface area contributed by atoms with Crippen LogP contribution in [0.1, 0.15) is 61.5 Å². The molecule has 6 heteroatoms. The molecule has 1 atom stereocenters. The van der Waals surface area contributed by atoms with Crippen LogP contribution in [-0.2, 0) is 17.9 Å². The third-order valence-electron chi connectivity index (χ3n) is 7.30. The van der Waals surface area contributed by atoms with Gasteiger partial charge in [0.25, 0.3) is 5.91 Å². The van der Waals surface area contributed by atoms with Gasteiger partial charge in [0, 0.05) is 28.5 Å². The van der Waals surface area contributed by atoms with Crippen LogP contribution in [0.2, 0.25) is 5.02 Å². The van der Waals surface area contributed by atoms with Crippen molar-refractivity contribution in [3.05, 3.63) is 70.9 Å². The minimum atomic E-state index is -1.03. The highest BCUT2D eigenvalue weighted by Crippen LogP contribution is 2.34. The number of benzene rings is 2. The molecule has 0 bridgehead atoms. The summed E-state index contributed by atoms with van der Waals surface area (Å²) in [5.41, 5.74) is 1.40. The Morgan fingerprint density at radius 3 is 2.52 bits per heavy atom. The van der Waals surface area contributed by atoms with E-state index in [0.29, 0.717) is 17.3 Å². The summed E-state index contributed by atoms with van der Waals surface area (Å²) >= 11 is 6.46. The van der Waals surface area contributed by atoms with Gasteiger partial charge in [-0.05, 0) is 43.5 Å². The minimum absolute atomic E-state index is 0.0850. The van der Waals surface area contributed by atoms with E-state index in [1.54, 1.807) is 4.90 Å². The monoisotopic (exact) mass is 463 g/mol. The molecule has 2 aromatic carbocycles. The van der Waals surface area contributed by atoms with Crippen molar-refractivity contribution < 1.29 is 9.59 Å².